The van der Waals surface area contributed by atoms with Crippen LogP contribution >= 0.6 is 12.2 Å². The first-order valence-electron chi connectivity index (χ1n) is 9.22. The Morgan fingerprint density at radius 2 is 1.90 bits per heavy atom. The van der Waals surface area contributed by atoms with E-state index in [1.54, 1.807) is 25.1 Å². The van der Waals surface area contributed by atoms with Crippen molar-refractivity contribution in [2.24, 2.45) is 0 Å². The maximum Gasteiger partial charge on any atom is 0.293 e. The summed E-state index contributed by atoms with van der Waals surface area (Å²) < 4.78 is 0. The Kier molecular flexibility index (Phi) is 5.97. The highest BCUT2D eigenvalue weighted by molar-refractivity contribution is 7.80. The number of rotatable bonds is 4. The van der Waals surface area contributed by atoms with Crippen LogP contribution in [-0.4, -0.2) is 34.1 Å². The van der Waals surface area contributed by atoms with Gasteiger partial charge in [-0.1, -0.05) is 6.07 Å². The van der Waals surface area contributed by atoms with Gasteiger partial charge in [-0.3, -0.25) is 20.2 Å². The molecule has 3 N–H and O–H groups in total. The molecule has 0 unspecified atom stereocenters. The maximum absolute atomic E-state index is 12.5. The van der Waals surface area contributed by atoms with Gasteiger partial charge in [0.1, 0.15) is 11.4 Å². The molecule has 0 atom stereocenters. The summed E-state index contributed by atoms with van der Waals surface area (Å²) in [5, 5.41) is 26.9. The number of nitro groups is 1. The van der Waals surface area contributed by atoms with E-state index in [2.05, 4.69) is 10.6 Å². The normalized spacial score (nSPS) is 13.2. The molecule has 0 radical (unpaired) electrons. The molecule has 9 heteroatoms. The van der Waals surface area contributed by atoms with Crippen LogP contribution in [0.2, 0.25) is 0 Å². The minimum absolute atomic E-state index is 0.0124. The van der Waals surface area contributed by atoms with E-state index in [9.17, 15) is 20.0 Å². The van der Waals surface area contributed by atoms with Gasteiger partial charge in [-0.05, 0) is 68.2 Å². The first-order valence-corrected chi connectivity index (χ1v) is 9.63. The van der Waals surface area contributed by atoms with E-state index >= 15 is 0 Å². The number of phenolic OH excluding ortho intramolecular Hbond substituents is 1. The third-order valence-electron chi connectivity index (χ3n) is 4.80. The molecule has 1 fully saturated rings. The number of benzene rings is 2. The van der Waals surface area contributed by atoms with Gasteiger partial charge in [-0.25, -0.2) is 0 Å². The van der Waals surface area contributed by atoms with E-state index < -0.39 is 10.8 Å². The molecule has 0 aromatic heterocycles. The largest absolute Gasteiger partial charge is 0.505 e. The number of carbonyl (C=O) groups excluding carboxylic acids is 1. The first kappa shape index (κ1) is 20.5. The molecule has 1 aliphatic heterocycles. The molecule has 1 heterocycles. The quantitative estimate of drug-likeness (QED) is 0.303. The van der Waals surface area contributed by atoms with Crippen molar-refractivity contribution in [1.29, 1.82) is 0 Å². The van der Waals surface area contributed by atoms with Crippen molar-refractivity contribution >= 4 is 40.3 Å². The number of nitrogens with zero attached hydrogens (tertiary/aromatic N) is 2. The Bertz CT molecular complexity index is 987. The van der Waals surface area contributed by atoms with Crippen LogP contribution in [0.1, 0.15) is 34.3 Å². The van der Waals surface area contributed by atoms with Crippen molar-refractivity contribution in [2.45, 2.75) is 26.7 Å². The second-order valence-corrected chi connectivity index (χ2v) is 7.45. The van der Waals surface area contributed by atoms with Crippen molar-refractivity contribution in [3.8, 4) is 5.75 Å². The number of thiocarbonyl (C=S) groups is 1. The molecule has 2 aromatic carbocycles. The van der Waals surface area contributed by atoms with Gasteiger partial charge in [-0.2, -0.15) is 0 Å². The van der Waals surface area contributed by atoms with Crippen LogP contribution in [0, 0.1) is 24.0 Å². The summed E-state index contributed by atoms with van der Waals surface area (Å²) in [7, 11) is 0. The molecule has 1 amide bonds. The molecule has 0 saturated carbocycles. The molecular formula is C20H22N4O4S. The molecule has 2 aromatic rings. The molecule has 1 aliphatic rings. The third-order valence-corrected chi connectivity index (χ3v) is 5.01. The van der Waals surface area contributed by atoms with Gasteiger partial charge < -0.3 is 15.3 Å². The van der Waals surface area contributed by atoms with Crippen LogP contribution in [0.5, 0.6) is 5.75 Å². The zero-order valence-electron chi connectivity index (χ0n) is 16.2. The number of aromatic hydroxyl groups is 1. The van der Waals surface area contributed by atoms with Crippen LogP contribution in [0.15, 0.2) is 30.3 Å². The average molecular weight is 414 g/mol. The Morgan fingerprint density at radius 1 is 1.21 bits per heavy atom. The highest BCUT2D eigenvalue weighted by Gasteiger charge is 2.24. The molecule has 152 valence electrons. The molecule has 0 bridgehead atoms. The predicted molar refractivity (Wildman–Crippen MR) is 116 cm³/mol. The Morgan fingerprint density at radius 3 is 2.55 bits per heavy atom. The molecule has 3 rings (SSSR count). The summed E-state index contributed by atoms with van der Waals surface area (Å²) >= 11 is 5.16. The van der Waals surface area contributed by atoms with E-state index in [4.69, 9.17) is 12.2 Å². The topological polar surface area (TPSA) is 108 Å². The van der Waals surface area contributed by atoms with Gasteiger partial charge >= 0.3 is 0 Å². The predicted octanol–water partition coefficient (Wildman–Crippen LogP) is 3.64. The molecule has 0 aliphatic carbocycles. The first-order chi connectivity index (χ1) is 13.8. The van der Waals surface area contributed by atoms with E-state index in [0.29, 0.717) is 16.9 Å². The highest BCUT2D eigenvalue weighted by Crippen LogP contribution is 2.32. The maximum atomic E-state index is 12.5. The van der Waals surface area contributed by atoms with Gasteiger partial charge in [0.15, 0.2) is 5.11 Å². The minimum Gasteiger partial charge on any atom is -0.505 e. The fourth-order valence-electron chi connectivity index (χ4n) is 3.42. The summed E-state index contributed by atoms with van der Waals surface area (Å²) in [6, 6.07) is 7.94. The van der Waals surface area contributed by atoms with E-state index in [1.807, 2.05) is 17.9 Å². The number of nitrogens with one attached hydrogen (secondary N) is 2. The Balaban J connectivity index is 1.76. The number of amides is 1. The highest BCUT2D eigenvalue weighted by atomic mass is 32.1. The average Bonchev–Trinajstić information content (AvgIpc) is 3.19. The van der Waals surface area contributed by atoms with Crippen LogP contribution in [-0.2, 0) is 0 Å². The number of anilines is 2. The van der Waals surface area contributed by atoms with Crippen molar-refractivity contribution in [3.05, 3.63) is 57.1 Å². The standard InChI is InChI=1S/C20H22N4O4S/c1-12-9-13(2)18(25)15(10-12)21-20(29)22-19(26)14-5-6-16(17(11-14)24(27)28)23-7-3-4-8-23/h5-6,9-11,25H,3-4,7-8H2,1-2H3,(H2,21,22,26,29). The number of hydrogen-bond donors (Lipinski definition) is 3. The zero-order valence-corrected chi connectivity index (χ0v) is 17.0. The molecule has 0 spiro atoms. The van der Waals surface area contributed by atoms with Crippen LogP contribution < -0.4 is 15.5 Å². The number of aryl methyl sites for hydroxylation is 2. The summed E-state index contributed by atoms with van der Waals surface area (Å²) in [5.74, 6) is -0.528. The summed E-state index contributed by atoms with van der Waals surface area (Å²) in [6.07, 6.45) is 1.98. The van der Waals surface area contributed by atoms with Crippen molar-refractivity contribution < 1.29 is 14.8 Å². The van der Waals surface area contributed by atoms with Crippen molar-refractivity contribution in [3.63, 3.8) is 0 Å². The van der Waals surface area contributed by atoms with Crippen LogP contribution in [0.4, 0.5) is 17.1 Å². The second-order valence-electron chi connectivity index (χ2n) is 7.04. The lowest BCUT2D eigenvalue weighted by Crippen LogP contribution is -2.34. The van der Waals surface area contributed by atoms with Gasteiger partial charge in [-0.15, -0.1) is 0 Å². The molecule has 29 heavy (non-hydrogen) atoms. The lowest BCUT2D eigenvalue weighted by molar-refractivity contribution is -0.384. The smallest absolute Gasteiger partial charge is 0.293 e. The van der Waals surface area contributed by atoms with Crippen LogP contribution in [0.25, 0.3) is 0 Å². The van der Waals surface area contributed by atoms with E-state index in [0.717, 1.165) is 31.5 Å². The van der Waals surface area contributed by atoms with E-state index in [1.165, 1.54) is 6.07 Å². The lowest BCUT2D eigenvalue weighted by atomic mass is 10.1. The second kappa shape index (κ2) is 8.44. The number of nitro benzene ring substituents is 1. The summed E-state index contributed by atoms with van der Waals surface area (Å²) in [4.78, 5) is 25.5. The fraction of sp³-hybridized carbons (Fsp3) is 0.300. The third kappa shape index (κ3) is 4.62. The van der Waals surface area contributed by atoms with Crippen LogP contribution in [0.3, 0.4) is 0 Å². The molecular weight excluding hydrogens is 392 g/mol. The summed E-state index contributed by atoms with van der Waals surface area (Å²) in [6.45, 7) is 5.16. The van der Waals surface area contributed by atoms with Gasteiger partial charge in [0.2, 0.25) is 0 Å². The number of hydrogen-bond acceptors (Lipinski definition) is 6. The van der Waals surface area contributed by atoms with Crippen molar-refractivity contribution in [2.75, 3.05) is 23.3 Å². The van der Waals surface area contributed by atoms with Gasteiger partial charge in [0.25, 0.3) is 11.6 Å². The zero-order chi connectivity index (χ0) is 21.1. The monoisotopic (exact) mass is 414 g/mol. The fourth-order valence-corrected chi connectivity index (χ4v) is 3.62. The number of carbonyl (C=O) groups is 1. The molecule has 1 saturated heterocycles. The Labute approximate surface area is 173 Å². The molecule has 8 nitrogen and oxygen atoms in total. The van der Waals surface area contributed by atoms with E-state index in [-0.39, 0.29) is 22.1 Å². The summed E-state index contributed by atoms with van der Waals surface area (Å²) in [5.41, 5.74) is 2.52. The lowest BCUT2D eigenvalue weighted by Gasteiger charge is -2.18. The Hall–Kier alpha value is -3.20. The van der Waals surface area contributed by atoms with Gasteiger partial charge in [0, 0.05) is 24.7 Å². The van der Waals surface area contributed by atoms with Crippen molar-refractivity contribution in [1.82, 2.24) is 5.32 Å². The number of phenols is 1. The SMILES string of the molecule is Cc1cc(C)c(O)c(NC(=S)NC(=O)c2ccc(N3CCCC3)c([N+](=O)[O-])c2)c1. The minimum atomic E-state index is -0.567. The van der Waals surface area contributed by atoms with Gasteiger partial charge in [0.05, 0.1) is 10.6 Å².